The van der Waals surface area contributed by atoms with Gasteiger partial charge >= 0.3 is 0 Å². The largest absolute Gasteiger partial charge is 0.397 e. The maximum absolute atomic E-state index is 5.97. The van der Waals surface area contributed by atoms with Gasteiger partial charge in [-0.15, -0.1) is 0 Å². The van der Waals surface area contributed by atoms with Gasteiger partial charge < -0.3 is 10.6 Å². The van der Waals surface area contributed by atoms with E-state index in [0.717, 1.165) is 30.4 Å². The average Bonchev–Trinajstić information content (AvgIpc) is 2.17. The molecule has 1 fully saturated rings. The predicted octanol–water partition coefficient (Wildman–Crippen LogP) is 3.16. The molecule has 15 heavy (non-hydrogen) atoms. The summed E-state index contributed by atoms with van der Waals surface area (Å²) in [5.74, 6) is 0.758. The monoisotopic (exact) mass is 224 g/mol. The molecule has 0 amide bonds. The molecule has 1 aromatic rings. The van der Waals surface area contributed by atoms with Crippen molar-refractivity contribution in [2.45, 2.75) is 19.8 Å². The van der Waals surface area contributed by atoms with E-state index in [-0.39, 0.29) is 0 Å². The van der Waals surface area contributed by atoms with E-state index in [1.165, 1.54) is 12.8 Å². The van der Waals surface area contributed by atoms with Crippen molar-refractivity contribution in [3.8, 4) is 0 Å². The number of halogens is 1. The Hall–Kier alpha value is -0.890. The second-order valence-corrected chi connectivity index (χ2v) is 4.83. The van der Waals surface area contributed by atoms with Crippen LogP contribution in [0.1, 0.15) is 19.8 Å². The first-order valence-electron chi connectivity index (χ1n) is 5.47. The molecule has 1 saturated heterocycles. The van der Waals surface area contributed by atoms with Crippen LogP contribution in [-0.2, 0) is 0 Å². The number of rotatable bonds is 1. The lowest BCUT2D eigenvalue weighted by molar-refractivity contribution is 0.447. The molecule has 0 unspecified atom stereocenters. The van der Waals surface area contributed by atoms with Crippen molar-refractivity contribution in [2.24, 2.45) is 5.92 Å². The van der Waals surface area contributed by atoms with Crippen LogP contribution in [0.3, 0.4) is 0 Å². The summed E-state index contributed by atoms with van der Waals surface area (Å²) in [7, 11) is 0. The fourth-order valence-corrected chi connectivity index (χ4v) is 2.40. The van der Waals surface area contributed by atoms with Crippen LogP contribution in [0.15, 0.2) is 18.2 Å². The zero-order valence-electron chi connectivity index (χ0n) is 9.04. The van der Waals surface area contributed by atoms with Crippen LogP contribution in [0.25, 0.3) is 0 Å². The van der Waals surface area contributed by atoms with Crippen molar-refractivity contribution in [2.75, 3.05) is 23.7 Å². The SMILES string of the molecule is C[C@@H]1CCCN(c2ccc(Cl)cc2N)C1. The Labute approximate surface area is 96.0 Å². The van der Waals surface area contributed by atoms with Gasteiger partial charge in [0.1, 0.15) is 0 Å². The molecule has 0 saturated carbocycles. The predicted molar refractivity (Wildman–Crippen MR) is 66.5 cm³/mol. The van der Waals surface area contributed by atoms with Crippen molar-refractivity contribution < 1.29 is 0 Å². The summed E-state index contributed by atoms with van der Waals surface area (Å²) < 4.78 is 0. The number of hydrogen-bond acceptors (Lipinski definition) is 2. The fraction of sp³-hybridized carbons (Fsp3) is 0.500. The first kappa shape index (κ1) is 10.6. The first-order chi connectivity index (χ1) is 7.16. The second-order valence-electron chi connectivity index (χ2n) is 4.40. The third kappa shape index (κ3) is 2.37. The molecular formula is C12H17ClN2. The van der Waals surface area contributed by atoms with E-state index in [2.05, 4.69) is 11.8 Å². The van der Waals surface area contributed by atoms with Gasteiger partial charge in [-0.05, 0) is 37.0 Å². The molecule has 0 radical (unpaired) electrons. The van der Waals surface area contributed by atoms with Crippen LogP contribution in [0.2, 0.25) is 5.02 Å². The Balaban J connectivity index is 2.21. The van der Waals surface area contributed by atoms with Crippen molar-refractivity contribution in [1.82, 2.24) is 0 Å². The summed E-state index contributed by atoms with van der Waals surface area (Å²) in [4.78, 5) is 2.36. The molecule has 1 aliphatic heterocycles. The van der Waals surface area contributed by atoms with Crippen LogP contribution in [-0.4, -0.2) is 13.1 Å². The minimum absolute atomic E-state index is 0.710. The van der Waals surface area contributed by atoms with Crippen molar-refractivity contribution in [3.63, 3.8) is 0 Å². The highest BCUT2D eigenvalue weighted by Crippen LogP contribution is 2.29. The summed E-state index contributed by atoms with van der Waals surface area (Å²) in [6.07, 6.45) is 2.58. The van der Waals surface area contributed by atoms with Gasteiger partial charge in [-0.3, -0.25) is 0 Å². The fourth-order valence-electron chi connectivity index (χ4n) is 2.22. The van der Waals surface area contributed by atoms with Gasteiger partial charge in [0.2, 0.25) is 0 Å². The maximum atomic E-state index is 5.97. The van der Waals surface area contributed by atoms with E-state index < -0.39 is 0 Å². The number of piperidine rings is 1. The maximum Gasteiger partial charge on any atom is 0.0601 e. The zero-order chi connectivity index (χ0) is 10.8. The lowest BCUT2D eigenvalue weighted by Crippen LogP contribution is -2.34. The molecule has 0 bridgehead atoms. The summed E-state index contributed by atoms with van der Waals surface area (Å²) in [5.41, 5.74) is 7.89. The van der Waals surface area contributed by atoms with Gasteiger partial charge in [-0.1, -0.05) is 18.5 Å². The molecule has 1 aliphatic rings. The average molecular weight is 225 g/mol. The van der Waals surface area contributed by atoms with E-state index in [4.69, 9.17) is 17.3 Å². The standard InChI is InChI=1S/C12H17ClN2/c1-9-3-2-6-15(8-9)12-5-4-10(13)7-11(12)14/h4-5,7,9H,2-3,6,8,14H2,1H3/t9-/m1/s1. The van der Waals surface area contributed by atoms with E-state index in [1.807, 2.05) is 18.2 Å². The molecule has 0 aliphatic carbocycles. The molecule has 1 aromatic carbocycles. The molecule has 1 atom stereocenters. The van der Waals surface area contributed by atoms with Crippen LogP contribution in [0.5, 0.6) is 0 Å². The molecular weight excluding hydrogens is 208 g/mol. The summed E-state index contributed by atoms with van der Waals surface area (Å²) in [6, 6.07) is 5.76. The van der Waals surface area contributed by atoms with Crippen LogP contribution in [0.4, 0.5) is 11.4 Å². The Morgan fingerprint density at radius 2 is 2.27 bits per heavy atom. The van der Waals surface area contributed by atoms with Crippen LogP contribution >= 0.6 is 11.6 Å². The van der Waals surface area contributed by atoms with Gasteiger partial charge in [-0.25, -0.2) is 0 Å². The summed E-state index contributed by atoms with van der Waals surface area (Å²) >= 11 is 5.89. The topological polar surface area (TPSA) is 29.3 Å². The molecule has 2 rings (SSSR count). The lowest BCUT2D eigenvalue weighted by Gasteiger charge is -2.33. The van der Waals surface area contributed by atoms with Crippen molar-refractivity contribution >= 4 is 23.0 Å². The number of nitrogens with zero attached hydrogens (tertiary/aromatic N) is 1. The van der Waals surface area contributed by atoms with Crippen LogP contribution < -0.4 is 10.6 Å². The molecule has 1 heterocycles. The smallest absolute Gasteiger partial charge is 0.0601 e. The highest BCUT2D eigenvalue weighted by Gasteiger charge is 2.18. The Morgan fingerprint density at radius 1 is 1.47 bits per heavy atom. The normalized spacial score (nSPS) is 21.7. The van der Waals surface area contributed by atoms with Gasteiger partial charge in [0, 0.05) is 18.1 Å². The number of nitrogen functional groups attached to an aromatic ring is 1. The van der Waals surface area contributed by atoms with Crippen molar-refractivity contribution in [3.05, 3.63) is 23.2 Å². The molecule has 2 N–H and O–H groups in total. The Kier molecular flexibility index (Phi) is 3.06. The zero-order valence-corrected chi connectivity index (χ0v) is 9.80. The van der Waals surface area contributed by atoms with E-state index in [0.29, 0.717) is 5.02 Å². The molecule has 82 valence electrons. The number of benzene rings is 1. The van der Waals surface area contributed by atoms with E-state index >= 15 is 0 Å². The third-order valence-electron chi connectivity index (χ3n) is 2.99. The number of anilines is 2. The highest BCUT2D eigenvalue weighted by molar-refractivity contribution is 6.31. The number of nitrogens with two attached hydrogens (primary N) is 1. The summed E-state index contributed by atoms with van der Waals surface area (Å²) in [5, 5.41) is 0.710. The second kappa shape index (κ2) is 4.31. The van der Waals surface area contributed by atoms with Gasteiger partial charge in [0.05, 0.1) is 11.4 Å². The Morgan fingerprint density at radius 3 is 2.93 bits per heavy atom. The van der Waals surface area contributed by atoms with Crippen LogP contribution in [0, 0.1) is 5.92 Å². The first-order valence-corrected chi connectivity index (χ1v) is 5.84. The summed E-state index contributed by atoms with van der Waals surface area (Å²) in [6.45, 7) is 4.50. The minimum Gasteiger partial charge on any atom is -0.397 e. The molecule has 2 nitrogen and oxygen atoms in total. The number of hydrogen-bond donors (Lipinski definition) is 1. The Bertz CT molecular complexity index is 351. The molecule has 0 spiro atoms. The minimum atomic E-state index is 0.710. The quantitative estimate of drug-likeness (QED) is 0.743. The van der Waals surface area contributed by atoms with Gasteiger partial charge in [0.25, 0.3) is 0 Å². The van der Waals surface area contributed by atoms with Gasteiger partial charge in [0.15, 0.2) is 0 Å². The van der Waals surface area contributed by atoms with E-state index in [1.54, 1.807) is 0 Å². The lowest BCUT2D eigenvalue weighted by atomic mass is 9.99. The molecule has 0 aromatic heterocycles. The van der Waals surface area contributed by atoms with E-state index in [9.17, 15) is 0 Å². The molecule has 3 heteroatoms. The third-order valence-corrected chi connectivity index (χ3v) is 3.22. The van der Waals surface area contributed by atoms with Gasteiger partial charge in [-0.2, -0.15) is 0 Å². The van der Waals surface area contributed by atoms with Crippen molar-refractivity contribution in [1.29, 1.82) is 0 Å². The highest BCUT2D eigenvalue weighted by atomic mass is 35.5.